The zero-order chi connectivity index (χ0) is 19.4. The summed E-state index contributed by atoms with van der Waals surface area (Å²) >= 11 is 0. The zero-order valence-corrected chi connectivity index (χ0v) is 17.2. The van der Waals surface area contributed by atoms with Crippen molar-refractivity contribution in [3.05, 3.63) is 11.5 Å². The molecule has 1 amide bonds. The molecular weight excluding hydrogens is 366 g/mol. The van der Waals surface area contributed by atoms with Crippen LogP contribution >= 0.6 is 0 Å². The van der Waals surface area contributed by atoms with E-state index in [4.69, 9.17) is 4.52 Å². The predicted octanol–water partition coefficient (Wildman–Crippen LogP) is 2.92. The van der Waals surface area contributed by atoms with Gasteiger partial charge in [0.05, 0.1) is 0 Å². The molecule has 1 aromatic rings. The highest BCUT2D eigenvalue weighted by Gasteiger charge is 2.34. The van der Waals surface area contributed by atoms with Crippen molar-refractivity contribution in [1.82, 2.24) is 14.8 Å². The van der Waals surface area contributed by atoms with Crippen LogP contribution in [0.3, 0.4) is 0 Å². The summed E-state index contributed by atoms with van der Waals surface area (Å²) in [6, 6.07) is 0.0555. The first-order valence-electron chi connectivity index (χ1n) is 10.1. The van der Waals surface area contributed by atoms with E-state index in [1.54, 1.807) is 13.8 Å². The van der Waals surface area contributed by atoms with E-state index in [1.165, 1.54) is 36.4 Å². The quantitative estimate of drug-likeness (QED) is 0.797. The fraction of sp³-hybridized carbons (Fsp3) is 0.789. The van der Waals surface area contributed by atoms with Crippen LogP contribution in [0.2, 0.25) is 0 Å². The smallest absolute Gasteiger partial charge is 0.248 e. The van der Waals surface area contributed by atoms with Crippen LogP contribution in [0, 0.1) is 19.8 Å². The maximum absolute atomic E-state index is 12.8. The standard InChI is InChI=1S/C19H31N3O4S/c1-14-19(15(2)26-21-14)27(24,25)22-12-10-17(11-13-22)20-18(23)9-8-16-6-4-3-5-7-16/h16-17H,3-13H2,1-2H3,(H,20,23). The summed E-state index contributed by atoms with van der Waals surface area (Å²) in [6.07, 6.45) is 9.27. The molecule has 2 fully saturated rings. The second-order valence-corrected chi connectivity index (χ2v) is 9.82. The van der Waals surface area contributed by atoms with E-state index in [-0.39, 0.29) is 16.8 Å². The van der Waals surface area contributed by atoms with Crippen LogP contribution in [-0.4, -0.2) is 42.9 Å². The molecule has 1 saturated heterocycles. The number of aryl methyl sites for hydroxylation is 2. The maximum atomic E-state index is 12.8. The molecule has 1 aromatic heterocycles. The van der Waals surface area contributed by atoms with Crippen molar-refractivity contribution in [2.75, 3.05) is 13.1 Å². The highest BCUT2D eigenvalue weighted by molar-refractivity contribution is 7.89. The normalized spacial score (nSPS) is 20.7. The van der Waals surface area contributed by atoms with E-state index in [1.807, 2.05) is 0 Å². The van der Waals surface area contributed by atoms with Crippen molar-refractivity contribution in [2.24, 2.45) is 5.92 Å². The number of piperidine rings is 1. The summed E-state index contributed by atoms with van der Waals surface area (Å²) in [7, 11) is -3.59. The first kappa shape index (κ1) is 20.3. The SMILES string of the molecule is Cc1noc(C)c1S(=O)(=O)N1CCC(NC(=O)CCC2CCCCC2)CC1. The number of nitrogens with zero attached hydrogens (tertiary/aromatic N) is 2. The molecule has 152 valence electrons. The molecule has 0 atom stereocenters. The predicted molar refractivity (Wildman–Crippen MR) is 102 cm³/mol. The monoisotopic (exact) mass is 397 g/mol. The Morgan fingerprint density at radius 1 is 1.15 bits per heavy atom. The van der Waals surface area contributed by atoms with Gasteiger partial charge >= 0.3 is 0 Å². The van der Waals surface area contributed by atoms with E-state index in [2.05, 4.69) is 10.5 Å². The van der Waals surface area contributed by atoms with Crippen LogP contribution in [0.15, 0.2) is 9.42 Å². The fourth-order valence-corrected chi connectivity index (χ4v) is 6.08. The van der Waals surface area contributed by atoms with Crippen molar-refractivity contribution >= 4 is 15.9 Å². The Hall–Kier alpha value is -1.41. The van der Waals surface area contributed by atoms with Crippen LogP contribution < -0.4 is 5.32 Å². The number of nitrogens with one attached hydrogen (secondary N) is 1. The molecule has 7 nitrogen and oxygen atoms in total. The first-order chi connectivity index (χ1) is 12.9. The Balaban J connectivity index is 1.46. The number of carbonyl (C=O) groups is 1. The minimum Gasteiger partial charge on any atom is -0.360 e. The van der Waals surface area contributed by atoms with Crippen LogP contribution in [0.1, 0.15) is 69.2 Å². The van der Waals surface area contributed by atoms with Crippen molar-refractivity contribution in [3.8, 4) is 0 Å². The molecule has 1 aliphatic carbocycles. The third kappa shape index (κ3) is 4.90. The largest absolute Gasteiger partial charge is 0.360 e. The van der Waals surface area contributed by atoms with E-state index in [0.717, 1.165) is 6.42 Å². The lowest BCUT2D eigenvalue weighted by Crippen LogP contribution is -2.46. The minimum atomic E-state index is -3.59. The second-order valence-electron chi connectivity index (χ2n) is 7.94. The number of amides is 1. The minimum absolute atomic E-state index is 0.0555. The van der Waals surface area contributed by atoms with Crippen molar-refractivity contribution in [2.45, 2.75) is 82.6 Å². The van der Waals surface area contributed by atoms with Gasteiger partial charge in [-0.25, -0.2) is 8.42 Å². The molecule has 27 heavy (non-hydrogen) atoms. The molecule has 2 aliphatic rings. The number of hydrogen-bond acceptors (Lipinski definition) is 5. The van der Waals surface area contributed by atoms with Gasteiger partial charge in [0, 0.05) is 25.6 Å². The number of hydrogen-bond donors (Lipinski definition) is 1. The lowest BCUT2D eigenvalue weighted by Gasteiger charge is -2.31. The summed E-state index contributed by atoms with van der Waals surface area (Å²) in [5.41, 5.74) is 0.394. The van der Waals surface area contributed by atoms with E-state index in [0.29, 0.717) is 49.7 Å². The molecule has 1 N–H and O–H groups in total. The third-order valence-corrected chi connectivity index (χ3v) is 8.03. The third-order valence-electron chi connectivity index (χ3n) is 5.89. The molecule has 0 unspecified atom stereocenters. The highest BCUT2D eigenvalue weighted by atomic mass is 32.2. The summed E-state index contributed by atoms with van der Waals surface area (Å²) < 4.78 is 32.2. The van der Waals surface area contributed by atoms with Gasteiger partial charge in [-0.15, -0.1) is 0 Å². The molecule has 0 bridgehead atoms. The van der Waals surface area contributed by atoms with E-state index in [9.17, 15) is 13.2 Å². The van der Waals surface area contributed by atoms with Crippen molar-refractivity contribution in [3.63, 3.8) is 0 Å². The number of aromatic nitrogens is 1. The Morgan fingerprint density at radius 2 is 1.81 bits per heavy atom. The second kappa shape index (κ2) is 8.73. The summed E-state index contributed by atoms with van der Waals surface area (Å²) in [5, 5.41) is 6.85. The van der Waals surface area contributed by atoms with Gasteiger partial charge in [0.1, 0.15) is 10.6 Å². The van der Waals surface area contributed by atoms with Crippen LogP contribution in [0.5, 0.6) is 0 Å². The summed E-state index contributed by atoms with van der Waals surface area (Å²) in [6.45, 7) is 4.06. The zero-order valence-electron chi connectivity index (χ0n) is 16.4. The molecule has 0 aromatic carbocycles. The molecule has 2 heterocycles. The van der Waals surface area contributed by atoms with Gasteiger partial charge < -0.3 is 9.84 Å². The molecule has 1 saturated carbocycles. The van der Waals surface area contributed by atoms with Gasteiger partial charge in [-0.2, -0.15) is 4.31 Å². The topological polar surface area (TPSA) is 92.5 Å². The summed E-state index contributed by atoms with van der Waals surface area (Å²) in [4.78, 5) is 12.4. The molecule has 8 heteroatoms. The van der Waals surface area contributed by atoms with Gasteiger partial charge in [-0.05, 0) is 39.0 Å². The van der Waals surface area contributed by atoms with E-state index < -0.39 is 10.0 Å². The molecule has 1 aliphatic heterocycles. The van der Waals surface area contributed by atoms with Crippen LogP contribution in [-0.2, 0) is 14.8 Å². The lowest BCUT2D eigenvalue weighted by molar-refractivity contribution is -0.122. The van der Waals surface area contributed by atoms with E-state index >= 15 is 0 Å². The van der Waals surface area contributed by atoms with Gasteiger partial charge in [-0.3, -0.25) is 4.79 Å². The van der Waals surface area contributed by atoms with Crippen LogP contribution in [0.25, 0.3) is 0 Å². The van der Waals surface area contributed by atoms with Crippen molar-refractivity contribution < 1.29 is 17.7 Å². The molecular formula is C19H31N3O4S. The average Bonchev–Trinajstić information content (AvgIpc) is 3.00. The van der Waals surface area contributed by atoms with Gasteiger partial charge in [0.2, 0.25) is 15.9 Å². The van der Waals surface area contributed by atoms with Gasteiger partial charge in [-0.1, -0.05) is 37.3 Å². The Morgan fingerprint density at radius 3 is 2.41 bits per heavy atom. The van der Waals surface area contributed by atoms with Crippen molar-refractivity contribution in [1.29, 1.82) is 0 Å². The van der Waals surface area contributed by atoms with Gasteiger partial charge in [0.25, 0.3) is 0 Å². The first-order valence-corrected chi connectivity index (χ1v) is 11.5. The maximum Gasteiger partial charge on any atom is 0.248 e. The Bertz CT molecular complexity index is 726. The highest BCUT2D eigenvalue weighted by Crippen LogP contribution is 2.28. The number of carbonyl (C=O) groups excluding carboxylic acids is 1. The molecule has 0 spiro atoms. The Labute approximate surface area is 161 Å². The fourth-order valence-electron chi connectivity index (χ4n) is 4.32. The summed E-state index contributed by atoms with van der Waals surface area (Å²) in [5.74, 6) is 1.13. The Kier molecular flexibility index (Phi) is 6.57. The lowest BCUT2D eigenvalue weighted by atomic mass is 9.86. The average molecular weight is 398 g/mol. The number of rotatable bonds is 6. The van der Waals surface area contributed by atoms with Crippen LogP contribution in [0.4, 0.5) is 0 Å². The van der Waals surface area contributed by atoms with Gasteiger partial charge in [0.15, 0.2) is 5.76 Å². The number of sulfonamides is 1. The molecule has 0 radical (unpaired) electrons. The molecule has 3 rings (SSSR count).